The molecule has 0 saturated heterocycles. The van der Waals surface area contributed by atoms with Crippen LogP contribution in [0, 0.1) is 5.92 Å². The molecule has 96 valence electrons. The van der Waals surface area contributed by atoms with Gasteiger partial charge in [-0.05, 0) is 11.5 Å². The third-order valence-corrected chi connectivity index (χ3v) is 2.71. The van der Waals surface area contributed by atoms with Gasteiger partial charge in [0, 0.05) is 0 Å². The van der Waals surface area contributed by atoms with Gasteiger partial charge in [0.15, 0.2) is 0 Å². The Morgan fingerprint density at radius 3 is 1.88 bits per heavy atom. The third kappa shape index (κ3) is 2.45. The molecule has 1 aromatic rings. The van der Waals surface area contributed by atoms with Crippen LogP contribution in [0.25, 0.3) is 0 Å². The summed E-state index contributed by atoms with van der Waals surface area (Å²) in [6, 6.07) is 6.62. The summed E-state index contributed by atoms with van der Waals surface area (Å²) in [5, 5.41) is 19.5. The molecule has 0 amide bonds. The zero-order valence-electron chi connectivity index (χ0n) is 9.57. The lowest BCUT2D eigenvalue weighted by Crippen LogP contribution is -2.53. The molecule has 0 unspecified atom stereocenters. The van der Waals surface area contributed by atoms with Crippen LogP contribution in [0.1, 0.15) is 19.4 Å². The van der Waals surface area contributed by atoms with Crippen LogP contribution in [-0.4, -0.2) is 22.5 Å². The summed E-state index contributed by atoms with van der Waals surface area (Å²) in [5.74, 6) is -0.721. The van der Waals surface area contributed by atoms with E-state index >= 15 is 0 Å². The SMILES string of the molecule is CC(C)[C@@H](O)[C@](O)(c1ccccc1)C(F)(F)F. The zero-order valence-corrected chi connectivity index (χ0v) is 9.57. The maximum Gasteiger partial charge on any atom is 0.424 e. The lowest BCUT2D eigenvalue weighted by molar-refractivity contribution is -0.303. The summed E-state index contributed by atoms with van der Waals surface area (Å²) in [4.78, 5) is 0. The van der Waals surface area contributed by atoms with Crippen molar-refractivity contribution in [1.29, 1.82) is 0 Å². The molecule has 17 heavy (non-hydrogen) atoms. The molecular formula is C12H15F3O2. The van der Waals surface area contributed by atoms with Crippen molar-refractivity contribution in [1.82, 2.24) is 0 Å². The largest absolute Gasteiger partial charge is 0.424 e. The van der Waals surface area contributed by atoms with Crippen molar-refractivity contribution in [2.24, 2.45) is 5.92 Å². The molecule has 0 aliphatic heterocycles. The Labute approximate surface area is 97.7 Å². The van der Waals surface area contributed by atoms with Crippen LogP contribution in [0.5, 0.6) is 0 Å². The van der Waals surface area contributed by atoms with Crippen LogP contribution in [0.4, 0.5) is 13.2 Å². The van der Waals surface area contributed by atoms with Crippen LogP contribution in [-0.2, 0) is 5.60 Å². The Balaban J connectivity index is 3.31. The Morgan fingerprint density at radius 1 is 1.06 bits per heavy atom. The van der Waals surface area contributed by atoms with Crippen molar-refractivity contribution in [3.8, 4) is 0 Å². The molecule has 0 fully saturated rings. The molecule has 0 aliphatic rings. The Kier molecular flexibility index (Phi) is 3.84. The first-order chi connectivity index (χ1) is 7.71. The fraction of sp³-hybridized carbons (Fsp3) is 0.500. The molecule has 0 aliphatic carbocycles. The topological polar surface area (TPSA) is 40.5 Å². The van der Waals surface area contributed by atoms with E-state index in [1.807, 2.05) is 0 Å². The van der Waals surface area contributed by atoms with E-state index in [-0.39, 0.29) is 5.56 Å². The zero-order chi connectivity index (χ0) is 13.3. The minimum Gasteiger partial charge on any atom is -0.389 e. The average molecular weight is 248 g/mol. The maximum absolute atomic E-state index is 13.0. The molecule has 0 aromatic heterocycles. The predicted molar refractivity (Wildman–Crippen MR) is 57.2 cm³/mol. The number of hydrogen-bond donors (Lipinski definition) is 2. The van der Waals surface area contributed by atoms with Crippen LogP contribution in [0.3, 0.4) is 0 Å². The molecule has 0 saturated carbocycles. The van der Waals surface area contributed by atoms with Gasteiger partial charge in [-0.15, -0.1) is 0 Å². The Hall–Kier alpha value is -1.07. The lowest BCUT2D eigenvalue weighted by Gasteiger charge is -2.37. The van der Waals surface area contributed by atoms with E-state index in [9.17, 15) is 23.4 Å². The van der Waals surface area contributed by atoms with Gasteiger partial charge in [0.05, 0.1) is 6.10 Å². The highest BCUT2D eigenvalue weighted by Crippen LogP contribution is 2.43. The van der Waals surface area contributed by atoms with Gasteiger partial charge < -0.3 is 10.2 Å². The van der Waals surface area contributed by atoms with E-state index in [2.05, 4.69) is 0 Å². The average Bonchev–Trinajstić information content (AvgIpc) is 2.26. The van der Waals surface area contributed by atoms with Gasteiger partial charge in [0.1, 0.15) is 0 Å². The summed E-state index contributed by atoms with van der Waals surface area (Å²) in [6.45, 7) is 2.84. The highest BCUT2D eigenvalue weighted by molar-refractivity contribution is 5.26. The minimum atomic E-state index is -4.93. The first-order valence-electron chi connectivity index (χ1n) is 5.24. The molecule has 1 rings (SSSR count). The number of aliphatic hydroxyl groups is 2. The van der Waals surface area contributed by atoms with Gasteiger partial charge in [-0.25, -0.2) is 0 Å². The Bertz CT molecular complexity index is 362. The third-order valence-electron chi connectivity index (χ3n) is 2.71. The standard InChI is InChI=1S/C12H15F3O2/c1-8(2)10(16)11(17,12(13,14)15)9-6-4-3-5-7-9/h3-8,10,16-17H,1-2H3/t10-,11-/m1/s1. The van der Waals surface area contributed by atoms with Crippen molar-refractivity contribution >= 4 is 0 Å². The summed E-state index contributed by atoms with van der Waals surface area (Å²) < 4.78 is 39.0. The predicted octanol–water partition coefficient (Wildman–Crippen LogP) is 2.45. The van der Waals surface area contributed by atoms with E-state index in [0.29, 0.717) is 0 Å². The summed E-state index contributed by atoms with van der Waals surface area (Å²) >= 11 is 0. The summed E-state index contributed by atoms with van der Waals surface area (Å²) in [5.41, 5.74) is -3.59. The minimum absolute atomic E-state index is 0.353. The molecule has 2 nitrogen and oxygen atoms in total. The van der Waals surface area contributed by atoms with Crippen molar-refractivity contribution < 1.29 is 23.4 Å². The first kappa shape index (κ1) is 14.0. The van der Waals surface area contributed by atoms with E-state index < -0.39 is 23.8 Å². The molecule has 1 aromatic carbocycles. The normalized spacial score (nSPS) is 17.9. The second-order valence-corrected chi connectivity index (χ2v) is 4.32. The van der Waals surface area contributed by atoms with E-state index in [4.69, 9.17) is 0 Å². The fourth-order valence-electron chi connectivity index (χ4n) is 1.68. The quantitative estimate of drug-likeness (QED) is 0.862. The smallest absolute Gasteiger partial charge is 0.389 e. The number of rotatable bonds is 3. The lowest BCUT2D eigenvalue weighted by atomic mass is 9.82. The van der Waals surface area contributed by atoms with Crippen LogP contribution in [0.2, 0.25) is 0 Å². The van der Waals surface area contributed by atoms with Crippen LogP contribution < -0.4 is 0 Å². The van der Waals surface area contributed by atoms with Gasteiger partial charge in [-0.1, -0.05) is 44.2 Å². The van der Waals surface area contributed by atoms with Gasteiger partial charge in [-0.2, -0.15) is 13.2 Å². The molecule has 0 radical (unpaired) electrons. The number of aliphatic hydroxyl groups excluding tert-OH is 1. The van der Waals surface area contributed by atoms with Crippen LogP contribution >= 0.6 is 0 Å². The molecule has 0 heterocycles. The molecule has 2 atom stereocenters. The highest BCUT2D eigenvalue weighted by Gasteiger charge is 2.60. The fourth-order valence-corrected chi connectivity index (χ4v) is 1.68. The Morgan fingerprint density at radius 2 is 1.53 bits per heavy atom. The second-order valence-electron chi connectivity index (χ2n) is 4.32. The molecular weight excluding hydrogens is 233 g/mol. The van der Waals surface area contributed by atoms with E-state index in [1.165, 1.54) is 26.0 Å². The van der Waals surface area contributed by atoms with Crippen molar-refractivity contribution in [3.63, 3.8) is 0 Å². The first-order valence-corrected chi connectivity index (χ1v) is 5.24. The molecule has 2 N–H and O–H groups in total. The van der Waals surface area contributed by atoms with Crippen LogP contribution in [0.15, 0.2) is 30.3 Å². The second kappa shape index (κ2) is 4.66. The monoisotopic (exact) mass is 248 g/mol. The summed E-state index contributed by atoms with van der Waals surface area (Å²) in [6.07, 6.45) is -6.84. The number of hydrogen-bond acceptors (Lipinski definition) is 2. The van der Waals surface area contributed by atoms with Crippen molar-refractivity contribution in [2.45, 2.75) is 31.7 Å². The van der Waals surface area contributed by atoms with Crippen molar-refractivity contribution in [3.05, 3.63) is 35.9 Å². The van der Waals surface area contributed by atoms with Crippen molar-refractivity contribution in [2.75, 3.05) is 0 Å². The van der Waals surface area contributed by atoms with Gasteiger partial charge in [0.25, 0.3) is 0 Å². The highest BCUT2D eigenvalue weighted by atomic mass is 19.4. The maximum atomic E-state index is 13.0. The van der Waals surface area contributed by atoms with Gasteiger partial charge in [0.2, 0.25) is 5.60 Å². The van der Waals surface area contributed by atoms with Gasteiger partial charge >= 0.3 is 6.18 Å². The van der Waals surface area contributed by atoms with E-state index in [1.54, 1.807) is 6.07 Å². The summed E-state index contributed by atoms with van der Waals surface area (Å²) in [7, 11) is 0. The number of halogens is 3. The van der Waals surface area contributed by atoms with Gasteiger partial charge in [-0.3, -0.25) is 0 Å². The van der Waals surface area contributed by atoms with E-state index in [0.717, 1.165) is 12.1 Å². The number of benzene rings is 1. The molecule has 5 heteroatoms. The molecule has 0 bridgehead atoms. The molecule has 0 spiro atoms. The number of alkyl halides is 3.